The van der Waals surface area contributed by atoms with E-state index in [-0.39, 0.29) is 0 Å². The number of fused-ring (bicyclic) bond motifs is 2. The van der Waals surface area contributed by atoms with Crippen LogP contribution in [0.3, 0.4) is 0 Å². The van der Waals surface area contributed by atoms with E-state index in [2.05, 4.69) is 57.8 Å². The first-order valence-electron chi connectivity index (χ1n) is 8.31. The summed E-state index contributed by atoms with van der Waals surface area (Å²) in [5, 5.41) is 0. The monoisotopic (exact) mass is 326 g/mol. The Hall–Kier alpha value is -3.06. The van der Waals surface area contributed by atoms with Gasteiger partial charge in [-0.2, -0.15) is 0 Å². The van der Waals surface area contributed by atoms with Gasteiger partial charge in [-0.15, -0.1) is 0 Å². The summed E-state index contributed by atoms with van der Waals surface area (Å²) in [6, 6.07) is 8.38. The molecule has 0 saturated carbocycles. The largest absolute Gasteiger partial charge is 0.455 e. The maximum absolute atomic E-state index is 6.43. The topological polar surface area (TPSA) is 9.23 Å². The average Bonchev–Trinajstić information content (AvgIpc) is 2.60. The van der Waals surface area contributed by atoms with Gasteiger partial charge >= 0.3 is 0 Å². The van der Waals surface area contributed by atoms with Crippen LogP contribution in [0, 0.1) is 13.8 Å². The first-order chi connectivity index (χ1) is 12.1. The van der Waals surface area contributed by atoms with Crippen molar-refractivity contribution in [3.05, 3.63) is 102 Å². The van der Waals surface area contributed by atoms with Crippen LogP contribution >= 0.6 is 0 Å². The summed E-state index contributed by atoms with van der Waals surface area (Å²) in [7, 11) is 0. The van der Waals surface area contributed by atoms with E-state index < -0.39 is 0 Å². The quantitative estimate of drug-likeness (QED) is 0.475. The smallest absolute Gasteiger partial charge is 0.142 e. The zero-order chi connectivity index (χ0) is 18.0. The van der Waals surface area contributed by atoms with E-state index in [9.17, 15) is 0 Å². The summed E-state index contributed by atoms with van der Waals surface area (Å²) in [6.07, 6.45) is 11.5. The molecule has 0 N–H and O–H groups in total. The summed E-state index contributed by atoms with van der Waals surface area (Å²) in [5.74, 6) is 1.71. The van der Waals surface area contributed by atoms with Crippen molar-refractivity contribution in [2.75, 3.05) is 0 Å². The van der Waals surface area contributed by atoms with E-state index in [0.717, 1.165) is 50.5 Å². The minimum Gasteiger partial charge on any atom is -0.455 e. The molecule has 0 radical (unpaired) electrons. The third kappa shape index (κ3) is 2.89. The molecule has 0 fully saturated rings. The van der Waals surface area contributed by atoms with E-state index in [0.29, 0.717) is 0 Å². The lowest BCUT2D eigenvalue weighted by Gasteiger charge is -2.26. The van der Waals surface area contributed by atoms with E-state index in [1.165, 1.54) is 0 Å². The molecule has 0 bridgehead atoms. The Balaban J connectivity index is 2.25. The van der Waals surface area contributed by atoms with Crippen LogP contribution in [0.2, 0.25) is 0 Å². The summed E-state index contributed by atoms with van der Waals surface area (Å²) in [6.45, 7) is 16.0. The van der Waals surface area contributed by atoms with Crippen molar-refractivity contribution >= 4 is 17.7 Å². The van der Waals surface area contributed by atoms with Gasteiger partial charge in [0.15, 0.2) is 0 Å². The molecule has 1 aliphatic heterocycles. The number of aryl methyl sites for hydroxylation is 2. The molecule has 0 unspecified atom stereocenters. The average molecular weight is 326 g/mol. The molecule has 0 spiro atoms. The van der Waals surface area contributed by atoms with Crippen LogP contribution in [0.4, 0.5) is 0 Å². The van der Waals surface area contributed by atoms with Gasteiger partial charge in [0.25, 0.3) is 0 Å². The Kier molecular flexibility index (Phi) is 4.58. The Bertz CT molecular complexity index is 864. The molecule has 1 aliphatic rings. The molecule has 1 nitrogen and oxygen atoms in total. The highest BCUT2D eigenvalue weighted by Crippen LogP contribution is 2.48. The number of allylic oxidation sites excluding steroid dienone is 4. The molecule has 1 heterocycles. The third-order valence-electron chi connectivity index (χ3n) is 4.48. The van der Waals surface area contributed by atoms with Gasteiger partial charge in [0.05, 0.1) is 0 Å². The fraction of sp³-hybridized carbons (Fsp3) is 0.0833. The van der Waals surface area contributed by atoms with Crippen LogP contribution in [0.5, 0.6) is 11.5 Å². The molecule has 1 heteroatoms. The predicted octanol–water partition coefficient (Wildman–Crippen LogP) is 6.87. The summed E-state index contributed by atoms with van der Waals surface area (Å²) < 4.78 is 6.43. The minimum absolute atomic E-state index is 0.856. The normalized spacial score (nSPS) is 12.8. The predicted molar refractivity (Wildman–Crippen MR) is 109 cm³/mol. The SMILES string of the molecule is C=C/C=C\c1c(C)ccc2c1Oc1c(ccc(C)c1/C=C\C=C)C2=C. The number of hydrogen-bond donors (Lipinski definition) is 0. The van der Waals surface area contributed by atoms with Gasteiger partial charge in [0.1, 0.15) is 11.5 Å². The Morgan fingerprint density at radius 3 is 1.60 bits per heavy atom. The standard InChI is InChI=1S/C24H22O/c1-6-8-10-19-16(3)12-14-21-18(5)22-15-13-17(4)20(11-9-7-2)24(22)25-23(19)21/h6-15H,1-2,5H2,3-4H3/b10-8-,11-9-. The second-order valence-corrected chi connectivity index (χ2v) is 6.12. The Morgan fingerprint density at radius 2 is 1.20 bits per heavy atom. The maximum atomic E-state index is 6.43. The summed E-state index contributed by atoms with van der Waals surface area (Å²) >= 11 is 0. The van der Waals surface area contributed by atoms with Crippen molar-refractivity contribution < 1.29 is 4.74 Å². The van der Waals surface area contributed by atoms with Crippen molar-refractivity contribution in [2.45, 2.75) is 13.8 Å². The molecule has 3 rings (SSSR count). The molecule has 25 heavy (non-hydrogen) atoms. The molecule has 124 valence electrons. The lowest BCUT2D eigenvalue weighted by molar-refractivity contribution is 0.471. The van der Waals surface area contributed by atoms with E-state index in [4.69, 9.17) is 4.74 Å². The highest BCUT2D eigenvalue weighted by molar-refractivity contribution is 5.91. The van der Waals surface area contributed by atoms with Gasteiger partial charge in [-0.3, -0.25) is 0 Å². The molecule has 2 aromatic rings. The first kappa shape index (κ1) is 16.8. The van der Waals surface area contributed by atoms with Crippen molar-refractivity contribution in [1.82, 2.24) is 0 Å². The third-order valence-corrected chi connectivity index (χ3v) is 4.48. The molecule has 0 aliphatic carbocycles. The zero-order valence-electron chi connectivity index (χ0n) is 14.8. The lowest BCUT2D eigenvalue weighted by atomic mass is 9.89. The van der Waals surface area contributed by atoms with Crippen LogP contribution in [0.25, 0.3) is 17.7 Å². The number of ether oxygens (including phenoxy) is 1. The van der Waals surface area contributed by atoms with Gasteiger partial charge < -0.3 is 4.74 Å². The van der Waals surface area contributed by atoms with Gasteiger partial charge in [-0.05, 0) is 30.5 Å². The van der Waals surface area contributed by atoms with E-state index in [1.807, 2.05) is 24.3 Å². The lowest BCUT2D eigenvalue weighted by Crippen LogP contribution is -2.06. The second kappa shape index (κ2) is 6.82. The number of rotatable bonds is 4. The number of benzene rings is 2. The molecule has 0 aromatic heterocycles. The van der Waals surface area contributed by atoms with Crippen molar-refractivity contribution in [3.63, 3.8) is 0 Å². The highest BCUT2D eigenvalue weighted by Gasteiger charge is 2.25. The van der Waals surface area contributed by atoms with Gasteiger partial charge in [0.2, 0.25) is 0 Å². The maximum Gasteiger partial charge on any atom is 0.142 e. The Labute approximate surface area is 150 Å². The van der Waals surface area contributed by atoms with Crippen molar-refractivity contribution in [3.8, 4) is 11.5 Å². The van der Waals surface area contributed by atoms with Crippen LogP contribution < -0.4 is 4.74 Å². The highest BCUT2D eigenvalue weighted by atomic mass is 16.5. The molecule has 0 saturated heterocycles. The van der Waals surface area contributed by atoms with Gasteiger partial charge in [-0.1, -0.05) is 80.5 Å². The van der Waals surface area contributed by atoms with Crippen LogP contribution in [0.1, 0.15) is 33.4 Å². The fourth-order valence-electron chi connectivity index (χ4n) is 3.08. The number of hydrogen-bond acceptors (Lipinski definition) is 1. The minimum atomic E-state index is 0.856. The van der Waals surface area contributed by atoms with E-state index >= 15 is 0 Å². The molecule has 0 amide bonds. The molecule has 0 atom stereocenters. The van der Waals surface area contributed by atoms with Crippen LogP contribution in [0.15, 0.2) is 68.3 Å². The fourth-order valence-corrected chi connectivity index (χ4v) is 3.08. The van der Waals surface area contributed by atoms with Gasteiger partial charge in [0, 0.05) is 22.3 Å². The Morgan fingerprint density at radius 1 is 0.760 bits per heavy atom. The van der Waals surface area contributed by atoms with Crippen molar-refractivity contribution in [2.24, 2.45) is 0 Å². The van der Waals surface area contributed by atoms with Crippen LogP contribution in [-0.4, -0.2) is 0 Å². The summed E-state index contributed by atoms with van der Waals surface area (Å²) in [4.78, 5) is 0. The first-order valence-corrected chi connectivity index (χ1v) is 8.31. The van der Waals surface area contributed by atoms with Crippen LogP contribution in [-0.2, 0) is 0 Å². The molecular formula is C24H22O. The second-order valence-electron chi connectivity index (χ2n) is 6.12. The zero-order valence-corrected chi connectivity index (χ0v) is 14.8. The molecular weight excluding hydrogens is 304 g/mol. The van der Waals surface area contributed by atoms with Gasteiger partial charge in [-0.25, -0.2) is 0 Å². The summed E-state index contributed by atoms with van der Waals surface area (Å²) in [5.41, 5.74) is 7.48. The van der Waals surface area contributed by atoms with Crippen molar-refractivity contribution in [1.29, 1.82) is 0 Å². The van der Waals surface area contributed by atoms with E-state index in [1.54, 1.807) is 12.2 Å². The molecule has 2 aromatic carbocycles.